The quantitative estimate of drug-likeness (QED) is 0.0364. The zero-order valence-electron chi connectivity index (χ0n) is 91.8. The van der Waals surface area contributed by atoms with Crippen molar-refractivity contribution < 1.29 is 33.2 Å². The first-order valence-electron chi connectivity index (χ1n) is 53.0. The number of rotatable bonds is 42. The van der Waals surface area contributed by atoms with Crippen LogP contribution in [0.15, 0.2) is 393 Å². The van der Waals surface area contributed by atoms with Crippen LogP contribution in [0, 0.1) is 13.8 Å². The summed E-state index contributed by atoms with van der Waals surface area (Å²) in [5, 5.41) is 1.51. The van der Waals surface area contributed by atoms with Crippen molar-refractivity contribution in [3.63, 3.8) is 0 Å². The standard InChI is InChI=1S/C22H28ClNO.C21H26ClNO.C18H22BrNO.3C18H23NO.C17H21NO/c1-22(19-9-5-4-6-10-19,20-11-13-21(23)14-12-20)25-18-17-24-15-7-2-3-8-16-24;1-21(17-7-4-3-5-8-17,18-10-12-19(22)13-11-18)24-16-14-20-9-6-15-23(20)2;1-18(21-14-13-20(2)3,15-7-5-4-6-8-15)16-9-11-17(19)12-10-16;1-18(20-15-14-19(2)3,16-10-6-4-7-11-16)17-12-8-5-9-13-17;1-15-9-7-8-12-17(15)18(20-14-13-19(2)3)16-10-5-4-6-11-16;1-15-9-11-17(12-10-15)18(20-14-13-19(2)3)16-7-5-4-6-8-16;1-18(2)12-13-19-17-11-7-6-10-16(17)14-15-8-4-3-5-9-15/h4-6,9-14H,2-3,7-8,15-18H2,1H3;3-5,7-8,10-13,20H,6,9,14-16H2,1-2H3;4-12H,13-14H2,1-3H3;4-13H,14-15H2,1-3H3;2*4-12,18H,13-14H2,1-3H3;3-11H,12-14H2,1-2H3/t;20-,21-;;;;;/m.1...../s1. The zero-order valence-corrected chi connectivity index (χ0v) is 94.9. The van der Waals surface area contributed by atoms with E-state index in [2.05, 4.69) is 473 Å². The highest BCUT2D eigenvalue weighted by molar-refractivity contribution is 9.10. The van der Waals surface area contributed by atoms with Crippen molar-refractivity contribution in [1.29, 1.82) is 0 Å². The summed E-state index contributed by atoms with van der Waals surface area (Å²) in [6, 6.07) is 134. The fourth-order valence-electron chi connectivity index (χ4n) is 18.0. The minimum Gasteiger partial charge on any atom is -0.492 e. The minimum absolute atomic E-state index is 0.0109. The fourth-order valence-corrected chi connectivity index (χ4v) is 18.6. The number of likely N-dealkylation sites (N-methyl/N-ethyl adjacent to an activating group) is 5. The summed E-state index contributed by atoms with van der Waals surface area (Å²) in [7, 11) is 22.8. The van der Waals surface area contributed by atoms with E-state index in [1.54, 1.807) is 0 Å². The summed E-state index contributed by atoms with van der Waals surface area (Å²) in [5.41, 5.74) is 17.5. The molecule has 0 amide bonds. The lowest BCUT2D eigenvalue weighted by Crippen LogP contribution is -2.34. The molecule has 14 aromatic rings. The minimum atomic E-state index is -0.461. The van der Waals surface area contributed by atoms with Crippen LogP contribution in [0.1, 0.15) is 174 Å². The van der Waals surface area contributed by atoms with Gasteiger partial charge in [-0.25, -0.2) is 0 Å². The van der Waals surface area contributed by atoms with E-state index < -0.39 is 22.4 Å². The number of likely N-dealkylation sites (tertiary alicyclic amines) is 2. The Hall–Kier alpha value is -10.6. The van der Waals surface area contributed by atoms with E-state index in [9.17, 15) is 0 Å². The first-order chi connectivity index (χ1) is 72.0. The molecular weight excluding hydrogens is 1950 g/mol. The zero-order chi connectivity index (χ0) is 106. The van der Waals surface area contributed by atoms with Gasteiger partial charge in [-0.1, -0.05) is 403 Å². The summed E-state index contributed by atoms with van der Waals surface area (Å²) in [4.78, 5) is 15.7. The summed E-state index contributed by atoms with van der Waals surface area (Å²) >= 11 is 15.6. The van der Waals surface area contributed by atoms with Crippen LogP contribution in [-0.2, 0) is 57.2 Å². The topological polar surface area (TPSA) is 87.3 Å². The summed E-state index contributed by atoms with van der Waals surface area (Å²) < 4.78 is 44.8. The Kier molecular flexibility index (Phi) is 52.4. The Labute approximate surface area is 913 Å². The van der Waals surface area contributed by atoms with Crippen LogP contribution in [0.3, 0.4) is 0 Å². The highest BCUT2D eigenvalue weighted by Crippen LogP contribution is 2.40. The van der Waals surface area contributed by atoms with Gasteiger partial charge >= 0.3 is 0 Å². The number of benzene rings is 14. The molecule has 0 spiro atoms. The molecule has 0 aromatic heterocycles. The molecule has 149 heavy (non-hydrogen) atoms. The van der Waals surface area contributed by atoms with E-state index in [4.69, 9.17) is 56.4 Å². The number of hydrogen-bond acceptors (Lipinski definition) is 14. The molecule has 0 N–H and O–H groups in total. The van der Waals surface area contributed by atoms with Gasteiger partial charge in [0.15, 0.2) is 0 Å². The van der Waals surface area contributed by atoms with Crippen LogP contribution in [0.4, 0.5) is 0 Å². The molecule has 4 unspecified atom stereocenters. The second-order valence-electron chi connectivity index (χ2n) is 40.4. The number of aryl methyl sites for hydroxylation is 2. The molecule has 17 heteroatoms. The number of para-hydroxylation sites is 1. The number of ether oxygens (including phenoxy) is 7. The highest BCUT2D eigenvalue weighted by Gasteiger charge is 2.35. The lowest BCUT2D eigenvalue weighted by atomic mass is 9.88. The van der Waals surface area contributed by atoms with E-state index in [0.717, 1.165) is 122 Å². The van der Waals surface area contributed by atoms with Gasteiger partial charge in [-0.15, -0.1) is 0 Å². The van der Waals surface area contributed by atoms with Crippen molar-refractivity contribution >= 4 is 39.1 Å². The van der Waals surface area contributed by atoms with Crippen LogP contribution in [0.25, 0.3) is 0 Å². The molecule has 2 heterocycles. The van der Waals surface area contributed by atoms with Crippen LogP contribution in [0.5, 0.6) is 5.75 Å². The van der Waals surface area contributed by atoms with Crippen molar-refractivity contribution in [3.8, 4) is 5.75 Å². The molecule has 6 atom stereocenters. The molecule has 2 fully saturated rings. The molecule has 2 aliphatic rings. The smallest absolute Gasteiger partial charge is 0.122 e. The predicted octanol–water partition coefficient (Wildman–Crippen LogP) is 29.0. The lowest BCUT2D eigenvalue weighted by molar-refractivity contribution is -0.0142. The average molecular weight is 2110 g/mol. The SMILES string of the molecule is CC(OCCN1CCCCCC1)(c1ccccc1)c1ccc(Cl)cc1.CN(C)CCOC(C)(c1ccccc1)c1ccc(Br)cc1.CN(C)CCOC(C)(c1ccccc1)c1ccccc1.CN(C)CCOc1ccccc1Cc1ccccc1.CN1CCC[C@@H]1CCO[C@](C)(c1ccccc1)c1ccc(Cl)cc1.Cc1ccc(C(OCCN(C)C)c2ccccc2)cc1.Cc1ccccc1C(OCCN(C)C)c1ccccc1. The van der Waals surface area contributed by atoms with Crippen molar-refractivity contribution in [2.75, 3.05) is 183 Å². The number of hydrogen-bond donors (Lipinski definition) is 0. The van der Waals surface area contributed by atoms with Gasteiger partial charge in [0.25, 0.3) is 0 Å². The van der Waals surface area contributed by atoms with Crippen LogP contribution < -0.4 is 4.74 Å². The molecule has 0 radical (unpaired) electrons. The first-order valence-corrected chi connectivity index (χ1v) is 54.6. The van der Waals surface area contributed by atoms with E-state index in [0.29, 0.717) is 19.3 Å². The maximum absolute atomic E-state index is 6.50. The molecule has 792 valence electrons. The van der Waals surface area contributed by atoms with E-state index in [-0.39, 0.29) is 12.2 Å². The van der Waals surface area contributed by atoms with Crippen molar-refractivity contribution in [1.82, 2.24) is 34.3 Å². The van der Waals surface area contributed by atoms with Gasteiger partial charge in [0, 0.05) is 72.9 Å². The van der Waals surface area contributed by atoms with E-state index in [1.165, 1.54) is 130 Å². The predicted molar refractivity (Wildman–Crippen MR) is 629 cm³/mol. The van der Waals surface area contributed by atoms with Crippen molar-refractivity contribution in [2.45, 2.75) is 134 Å². The fraction of sp³-hybridized carbons (Fsp3) is 0.364. The largest absolute Gasteiger partial charge is 0.492 e. The van der Waals surface area contributed by atoms with Crippen molar-refractivity contribution in [2.24, 2.45) is 0 Å². The van der Waals surface area contributed by atoms with E-state index in [1.807, 2.05) is 84.9 Å². The maximum atomic E-state index is 6.50. The van der Waals surface area contributed by atoms with Crippen LogP contribution in [-0.4, -0.2) is 223 Å². The van der Waals surface area contributed by atoms with Gasteiger partial charge in [0.05, 0.1) is 33.0 Å². The number of halogens is 3. The Balaban J connectivity index is 0.000000178. The molecule has 2 aliphatic heterocycles. The normalized spacial score (nSPS) is 14.8. The molecule has 14 aromatic carbocycles. The third kappa shape index (κ3) is 40.8. The van der Waals surface area contributed by atoms with Gasteiger partial charge in [0.2, 0.25) is 0 Å². The molecule has 0 aliphatic carbocycles. The first kappa shape index (κ1) is 120. The molecule has 2 saturated heterocycles. The van der Waals surface area contributed by atoms with E-state index >= 15 is 0 Å². The van der Waals surface area contributed by atoms with Crippen LogP contribution in [0.2, 0.25) is 10.0 Å². The van der Waals surface area contributed by atoms with Gasteiger partial charge in [0.1, 0.15) is 47.0 Å². The maximum Gasteiger partial charge on any atom is 0.122 e. The Morgan fingerprint density at radius 1 is 0.322 bits per heavy atom. The van der Waals surface area contributed by atoms with Crippen molar-refractivity contribution in [3.05, 3.63) is 492 Å². The second kappa shape index (κ2) is 65.0. The Bertz CT molecular complexity index is 5870. The molecule has 0 bridgehead atoms. The molecular formula is C132H166BrCl2N7O7. The summed E-state index contributed by atoms with van der Waals surface area (Å²) in [6.07, 6.45) is 9.95. The van der Waals surface area contributed by atoms with Gasteiger partial charge in [-0.2, -0.15) is 0 Å². The third-order valence-corrected chi connectivity index (χ3v) is 28.4. The molecule has 0 saturated carbocycles. The highest BCUT2D eigenvalue weighted by atomic mass is 79.9. The van der Waals surface area contributed by atoms with Crippen LogP contribution >= 0.6 is 39.1 Å². The average Bonchev–Trinajstić information content (AvgIpc) is 0.876. The van der Waals surface area contributed by atoms with Gasteiger partial charge in [-0.05, 0) is 297 Å². The Morgan fingerprint density at radius 3 is 1.05 bits per heavy atom. The molecule has 14 nitrogen and oxygen atoms in total. The third-order valence-electron chi connectivity index (χ3n) is 27.4. The Morgan fingerprint density at radius 2 is 0.651 bits per heavy atom. The van der Waals surface area contributed by atoms with Gasteiger partial charge < -0.3 is 67.5 Å². The summed E-state index contributed by atoms with van der Waals surface area (Å²) in [5.74, 6) is 0.994. The monoisotopic (exact) mass is 2110 g/mol. The second-order valence-corrected chi connectivity index (χ2v) is 42.2. The molecule has 16 rings (SSSR count). The number of nitrogens with zero attached hydrogens (tertiary/aromatic N) is 7. The lowest BCUT2D eigenvalue weighted by Gasteiger charge is -2.32. The van der Waals surface area contributed by atoms with Gasteiger partial charge in [-0.3, -0.25) is 0 Å². The summed E-state index contributed by atoms with van der Waals surface area (Å²) in [6.45, 7) is 27.1.